The summed E-state index contributed by atoms with van der Waals surface area (Å²) in [5.41, 5.74) is 0.520. The van der Waals surface area contributed by atoms with E-state index in [1.54, 1.807) is 31.6 Å². The summed E-state index contributed by atoms with van der Waals surface area (Å²) in [5.74, 6) is 1.16. The first-order valence-electron chi connectivity index (χ1n) is 6.14. The van der Waals surface area contributed by atoms with Crippen molar-refractivity contribution in [2.45, 2.75) is 20.0 Å². The van der Waals surface area contributed by atoms with Gasteiger partial charge in [0.2, 0.25) is 0 Å². The third kappa shape index (κ3) is 3.16. The van der Waals surface area contributed by atoms with E-state index in [0.717, 1.165) is 12.4 Å². The molecule has 0 saturated heterocycles. The molecule has 1 amide bonds. The van der Waals surface area contributed by atoms with Crippen LogP contribution >= 0.6 is 15.9 Å². The highest BCUT2D eigenvalue weighted by Gasteiger charge is 2.12. The maximum absolute atomic E-state index is 12.2. The SMILES string of the molecule is CCn1cnnc1CNC(=O)c1cc(OC)ccc1Br. The molecule has 2 aromatic rings. The van der Waals surface area contributed by atoms with Crippen LogP contribution in [0.25, 0.3) is 0 Å². The van der Waals surface area contributed by atoms with Crippen LogP contribution < -0.4 is 10.1 Å². The number of carbonyl (C=O) groups is 1. The van der Waals surface area contributed by atoms with Crippen molar-refractivity contribution >= 4 is 21.8 Å². The molecule has 106 valence electrons. The fourth-order valence-electron chi connectivity index (χ4n) is 1.74. The van der Waals surface area contributed by atoms with Gasteiger partial charge in [0, 0.05) is 11.0 Å². The summed E-state index contributed by atoms with van der Waals surface area (Å²) in [4.78, 5) is 12.2. The molecule has 0 bridgehead atoms. The molecule has 0 aliphatic carbocycles. The molecule has 0 atom stereocenters. The number of nitrogens with one attached hydrogen (secondary N) is 1. The minimum Gasteiger partial charge on any atom is -0.497 e. The van der Waals surface area contributed by atoms with E-state index >= 15 is 0 Å². The molecule has 1 N–H and O–H groups in total. The molecule has 2 rings (SSSR count). The number of amides is 1. The smallest absolute Gasteiger partial charge is 0.252 e. The van der Waals surface area contributed by atoms with E-state index in [9.17, 15) is 4.79 Å². The van der Waals surface area contributed by atoms with Crippen molar-refractivity contribution < 1.29 is 9.53 Å². The lowest BCUT2D eigenvalue weighted by molar-refractivity contribution is 0.0948. The minimum atomic E-state index is -0.193. The number of methoxy groups -OCH3 is 1. The van der Waals surface area contributed by atoms with Gasteiger partial charge in [-0.25, -0.2) is 0 Å². The Bertz CT molecular complexity index is 612. The van der Waals surface area contributed by atoms with Gasteiger partial charge in [0.25, 0.3) is 5.91 Å². The predicted octanol–water partition coefficient (Wildman–Crippen LogP) is 2.00. The van der Waals surface area contributed by atoms with Crippen LogP contribution in [0.3, 0.4) is 0 Å². The Morgan fingerprint density at radius 3 is 3.00 bits per heavy atom. The van der Waals surface area contributed by atoms with E-state index in [1.165, 1.54) is 0 Å². The van der Waals surface area contributed by atoms with E-state index in [4.69, 9.17) is 4.74 Å². The van der Waals surface area contributed by atoms with Crippen molar-refractivity contribution in [2.75, 3.05) is 7.11 Å². The first-order valence-corrected chi connectivity index (χ1v) is 6.93. The Morgan fingerprint density at radius 1 is 1.50 bits per heavy atom. The first-order chi connectivity index (χ1) is 9.65. The second kappa shape index (κ2) is 6.51. The van der Waals surface area contributed by atoms with Crippen LogP contribution in [0.1, 0.15) is 23.1 Å². The Morgan fingerprint density at radius 2 is 2.30 bits per heavy atom. The van der Waals surface area contributed by atoms with Crippen molar-refractivity contribution in [3.63, 3.8) is 0 Å². The van der Waals surface area contributed by atoms with Crippen LogP contribution in [-0.2, 0) is 13.1 Å². The average molecular weight is 339 g/mol. The van der Waals surface area contributed by atoms with E-state index < -0.39 is 0 Å². The van der Waals surface area contributed by atoms with Crippen molar-refractivity contribution in [2.24, 2.45) is 0 Å². The summed E-state index contributed by atoms with van der Waals surface area (Å²) in [7, 11) is 1.56. The van der Waals surface area contributed by atoms with Gasteiger partial charge in [0.1, 0.15) is 12.1 Å². The molecule has 0 radical (unpaired) electrons. The van der Waals surface area contributed by atoms with Gasteiger partial charge in [-0.2, -0.15) is 0 Å². The van der Waals surface area contributed by atoms with Crippen LogP contribution in [0.5, 0.6) is 5.75 Å². The molecule has 0 spiro atoms. The number of benzene rings is 1. The van der Waals surface area contributed by atoms with E-state index in [1.807, 2.05) is 11.5 Å². The molecule has 0 saturated carbocycles. The molecule has 20 heavy (non-hydrogen) atoms. The predicted molar refractivity (Wildman–Crippen MR) is 77.6 cm³/mol. The van der Waals surface area contributed by atoms with Gasteiger partial charge >= 0.3 is 0 Å². The van der Waals surface area contributed by atoms with Crippen LogP contribution in [-0.4, -0.2) is 27.8 Å². The Balaban J connectivity index is 2.09. The fourth-order valence-corrected chi connectivity index (χ4v) is 2.17. The van der Waals surface area contributed by atoms with E-state index in [0.29, 0.717) is 22.3 Å². The molecular formula is C13H15BrN4O2. The van der Waals surface area contributed by atoms with Crippen molar-refractivity contribution in [3.8, 4) is 5.75 Å². The Labute approximate surface area is 125 Å². The summed E-state index contributed by atoms with van der Waals surface area (Å²) >= 11 is 3.36. The van der Waals surface area contributed by atoms with Gasteiger partial charge < -0.3 is 14.6 Å². The summed E-state index contributed by atoms with van der Waals surface area (Å²) in [6.07, 6.45) is 1.64. The quantitative estimate of drug-likeness (QED) is 0.905. The monoisotopic (exact) mass is 338 g/mol. The summed E-state index contributed by atoms with van der Waals surface area (Å²) in [6.45, 7) is 3.09. The standard InChI is InChI=1S/C13H15BrN4O2/c1-3-18-8-16-17-12(18)7-15-13(19)10-6-9(20-2)4-5-11(10)14/h4-6,8H,3,7H2,1-2H3,(H,15,19). The Kier molecular flexibility index (Phi) is 4.73. The lowest BCUT2D eigenvalue weighted by Crippen LogP contribution is -2.25. The molecule has 1 aromatic carbocycles. The Hall–Kier alpha value is -1.89. The molecule has 0 aliphatic rings. The number of aromatic nitrogens is 3. The number of halogens is 1. The van der Waals surface area contributed by atoms with Crippen LogP contribution in [0.4, 0.5) is 0 Å². The lowest BCUT2D eigenvalue weighted by Gasteiger charge is -2.09. The molecule has 6 nitrogen and oxygen atoms in total. The van der Waals surface area contributed by atoms with Gasteiger partial charge in [0.15, 0.2) is 5.82 Å². The largest absolute Gasteiger partial charge is 0.497 e. The zero-order valence-electron chi connectivity index (χ0n) is 11.3. The van der Waals surface area contributed by atoms with Gasteiger partial charge in [-0.15, -0.1) is 10.2 Å². The topological polar surface area (TPSA) is 69.0 Å². The third-order valence-electron chi connectivity index (χ3n) is 2.86. The average Bonchev–Trinajstić information content (AvgIpc) is 2.92. The number of carbonyl (C=O) groups excluding carboxylic acids is 1. The normalized spacial score (nSPS) is 10.3. The summed E-state index contributed by atoms with van der Waals surface area (Å²) in [6, 6.07) is 5.25. The number of hydrogen-bond acceptors (Lipinski definition) is 4. The molecule has 1 heterocycles. The van der Waals surface area contributed by atoms with Crippen molar-refractivity contribution in [1.29, 1.82) is 0 Å². The van der Waals surface area contributed by atoms with Gasteiger partial charge in [-0.05, 0) is 41.1 Å². The summed E-state index contributed by atoms with van der Waals surface area (Å²) < 4.78 is 7.71. The van der Waals surface area contributed by atoms with Crippen molar-refractivity contribution in [3.05, 3.63) is 40.4 Å². The zero-order valence-corrected chi connectivity index (χ0v) is 12.8. The molecule has 0 fully saturated rings. The maximum atomic E-state index is 12.2. The first kappa shape index (κ1) is 14.5. The molecule has 7 heteroatoms. The highest BCUT2D eigenvalue weighted by atomic mass is 79.9. The van der Waals surface area contributed by atoms with Crippen LogP contribution in [0.2, 0.25) is 0 Å². The third-order valence-corrected chi connectivity index (χ3v) is 3.55. The second-order valence-electron chi connectivity index (χ2n) is 4.06. The zero-order chi connectivity index (χ0) is 14.5. The maximum Gasteiger partial charge on any atom is 0.252 e. The molecule has 0 aliphatic heterocycles. The number of ether oxygens (including phenoxy) is 1. The molecule has 1 aromatic heterocycles. The second-order valence-corrected chi connectivity index (χ2v) is 4.92. The van der Waals surface area contributed by atoms with Gasteiger partial charge in [-0.3, -0.25) is 4.79 Å². The van der Waals surface area contributed by atoms with Gasteiger partial charge in [-0.1, -0.05) is 0 Å². The van der Waals surface area contributed by atoms with Crippen LogP contribution in [0, 0.1) is 0 Å². The van der Waals surface area contributed by atoms with Crippen molar-refractivity contribution in [1.82, 2.24) is 20.1 Å². The highest BCUT2D eigenvalue weighted by molar-refractivity contribution is 9.10. The highest BCUT2D eigenvalue weighted by Crippen LogP contribution is 2.22. The minimum absolute atomic E-state index is 0.193. The number of aryl methyl sites for hydroxylation is 1. The van der Waals surface area contributed by atoms with Crippen LogP contribution in [0.15, 0.2) is 29.0 Å². The molecule has 0 unspecified atom stereocenters. The number of rotatable bonds is 5. The fraction of sp³-hybridized carbons (Fsp3) is 0.308. The molecular weight excluding hydrogens is 324 g/mol. The number of hydrogen-bond donors (Lipinski definition) is 1. The number of nitrogens with zero attached hydrogens (tertiary/aromatic N) is 3. The summed E-state index contributed by atoms with van der Waals surface area (Å²) in [5, 5.41) is 10.6. The van der Waals surface area contributed by atoms with E-state index in [-0.39, 0.29) is 5.91 Å². The lowest BCUT2D eigenvalue weighted by atomic mass is 10.2. The van der Waals surface area contributed by atoms with E-state index in [2.05, 4.69) is 31.4 Å². The van der Waals surface area contributed by atoms with Gasteiger partial charge in [0.05, 0.1) is 19.2 Å².